The number of alkyl halides is 2. The fraction of sp³-hybridized carbons (Fsp3) is 0.692. The Morgan fingerprint density at radius 1 is 1.03 bits per heavy atom. The molecule has 194 valence electrons. The third kappa shape index (κ3) is 3.49. The van der Waals surface area contributed by atoms with Crippen LogP contribution in [0.15, 0.2) is 6.07 Å². The lowest BCUT2D eigenvalue weighted by Crippen LogP contribution is -2.76. The molecule has 4 N–H and O–H groups in total. The Morgan fingerprint density at radius 2 is 1.63 bits per heavy atom. The Bertz CT molecular complexity index is 1110. The summed E-state index contributed by atoms with van der Waals surface area (Å²) in [5.74, 6) is -3.22. The maximum atomic E-state index is 14.3. The van der Waals surface area contributed by atoms with E-state index >= 15 is 0 Å². The normalized spacial score (nSPS) is 40.2. The Balaban J connectivity index is 2.01. The van der Waals surface area contributed by atoms with E-state index in [4.69, 9.17) is 27.9 Å². The molecule has 0 bridgehead atoms. The van der Waals surface area contributed by atoms with Gasteiger partial charge in [0.2, 0.25) is 5.78 Å². The zero-order valence-electron chi connectivity index (χ0n) is 20.9. The number of ether oxygens (including phenoxy) is 1. The van der Waals surface area contributed by atoms with Gasteiger partial charge in [-0.1, -0.05) is 13.8 Å². The van der Waals surface area contributed by atoms with Crippen molar-refractivity contribution in [1.82, 2.24) is 0 Å². The predicted octanol–water partition coefficient (Wildman–Crippen LogP) is 4.25. The van der Waals surface area contributed by atoms with Gasteiger partial charge in [0.15, 0.2) is 17.0 Å². The molecule has 9 heteroatoms. The maximum absolute atomic E-state index is 14.3. The Hall–Kier alpha value is -1.38. The fourth-order valence-electron chi connectivity index (χ4n) is 6.42. The topological polar surface area (TPSA) is 124 Å². The van der Waals surface area contributed by atoms with Crippen LogP contribution in [0.4, 0.5) is 0 Å². The van der Waals surface area contributed by atoms with Gasteiger partial charge in [-0.15, -0.1) is 23.2 Å². The van der Waals surface area contributed by atoms with Gasteiger partial charge >= 0.3 is 0 Å². The van der Waals surface area contributed by atoms with E-state index in [1.807, 2.05) is 13.8 Å². The van der Waals surface area contributed by atoms with Crippen LogP contribution in [0.2, 0.25) is 0 Å². The lowest BCUT2D eigenvalue weighted by molar-refractivity contribution is -0.243. The number of carbonyl (C=O) groups excluding carboxylic acids is 2. The molecule has 1 aliphatic heterocycles. The first-order valence-electron chi connectivity index (χ1n) is 11.9. The minimum absolute atomic E-state index is 0.0156. The highest BCUT2D eigenvalue weighted by atomic mass is 35.5. The molecule has 0 spiro atoms. The SMILES string of the molecule is Cc1c(O)cc2c(c1O)C(=O)C1(O)C[C@@H](Cl)C(C)(C)O[C@@]1(CC1C(C)(C)[C@@H](Cl)CC[C@]1(C)O)C2=O. The highest BCUT2D eigenvalue weighted by molar-refractivity contribution is 6.26. The van der Waals surface area contributed by atoms with E-state index in [-0.39, 0.29) is 40.7 Å². The number of hydrogen-bond donors (Lipinski definition) is 4. The molecule has 2 unspecified atom stereocenters. The lowest BCUT2D eigenvalue weighted by atomic mass is 9.53. The second kappa shape index (κ2) is 7.81. The zero-order valence-corrected chi connectivity index (χ0v) is 22.4. The summed E-state index contributed by atoms with van der Waals surface area (Å²) in [4.78, 5) is 28.2. The number of benzene rings is 1. The number of ketones is 2. The van der Waals surface area contributed by atoms with Gasteiger partial charge in [-0.05, 0) is 64.4 Å². The van der Waals surface area contributed by atoms with E-state index in [9.17, 15) is 30.0 Å². The van der Waals surface area contributed by atoms with Gasteiger partial charge < -0.3 is 25.2 Å². The van der Waals surface area contributed by atoms with Crippen molar-refractivity contribution < 1.29 is 34.8 Å². The van der Waals surface area contributed by atoms with Crippen LogP contribution in [-0.2, 0) is 4.74 Å². The van der Waals surface area contributed by atoms with Crippen LogP contribution in [0.5, 0.6) is 11.5 Å². The first-order chi connectivity index (χ1) is 15.8. The average Bonchev–Trinajstić information content (AvgIpc) is 2.74. The Kier molecular flexibility index (Phi) is 5.95. The molecule has 35 heavy (non-hydrogen) atoms. The number of fused-ring (bicyclic) bond motifs is 2. The minimum atomic E-state index is -2.41. The molecular formula is C26H34Cl2O7. The van der Waals surface area contributed by atoms with Gasteiger partial charge in [0.1, 0.15) is 11.5 Å². The molecule has 2 aliphatic carbocycles. The lowest BCUT2D eigenvalue weighted by Gasteiger charge is -2.60. The molecule has 6 atom stereocenters. The summed E-state index contributed by atoms with van der Waals surface area (Å²) >= 11 is 13.3. The number of phenols is 2. The maximum Gasteiger partial charge on any atom is 0.202 e. The molecule has 0 amide bonds. The van der Waals surface area contributed by atoms with Gasteiger partial charge in [-0.2, -0.15) is 0 Å². The van der Waals surface area contributed by atoms with E-state index in [0.29, 0.717) is 12.8 Å². The first kappa shape index (κ1) is 26.7. The summed E-state index contributed by atoms with van der Waals surface area (Å²) in [5, 5.41) is 43.5. The summed E-state index contributed by atoms with van der Waals surface area (Å²) in [6.07, 6.45) is 0.413. The van der Waals surface area contributed by atoms with Crippen LogP contribution in [0.1, 0.15) is 86.6 Å². The molecule has 2 fully saturated rings. The van der Waals surface area contributed by atoms with Crippen molar-refractivity contribution in [2.24, 2.45) is 11.3 Å². The highest BCUT2D eigenvalue weighted by Gasteiger charge is 2.72. The van der Waals surface area contributed by atoms with Crippen molar-refractivity contribution in [1.29, 1.82) is 0 Å². The van der Waals surface area contributed by atoms with Crippen LogP contribution in [0.3, 0.4) is 0 Å². The van der Waals surface area contributed by atoms with Crippen LogP contribution >= 0.6 is 23.2 Å². The molecule has 0 radical (unpaired) electrons. The van der Waals surface area contributed by atoms with Crippen LogP contribution in [0.25, 0.3) is 0 Å². The molecule has 1 aromatic carbocycles. The van der Waals surface area contributed by atoms with E-state index in [2.05, 4.69) is 0 Å². The Labute approximate surface area is 215 Å². The molecule has 1 heterocycles. The second-order valence-electron chi connectivity index (χ2n) is 12.0. The quantitative estimate of drug-likeness (QED) is 0.423. The molecular weight excluding hydrogens is 495 g/mol. The van der Waals surface area contributed by atoms with E-state index in [1.165, 1.54) is 6.92 Å². The monoisotopic (exact) mass is 528 g/mol. The summed E-state index contributed by atoms with van der Waals surface area (Å²) in [7, 11) is 0. The first-order valence-corrected chi connectivity index (χ1v) is 12.8. The van der Waals surface area contributed by atoms with Crippen molar-refractivity contribution in [3.63, 3.8) is 0 Å². The van der Waals surface area contributed by atoms with Gasteiger partial charge in [0.25, 0.3) is 0 Å². The molecule has 1 aromatic rings. The number of Topliss-reactive ketones (excluding diaryl/α,β-unsaturated/α-hetero) is 2. The standard InChI is InChI=1S/C26H34Cl2O7/c1-12-14(29)9-13-18(19(12)30)21(32)25(34)11-17(28)23(4,5)35-26(25,20(13)31)10-15-22(2,3)16(27)7-8-24(15,6)33/h9,15-17,29-30,33-34H,7-8,10-11H2,1-6H3/t15?,16-,17+,24-,25?,26-/m0/s1. The van der Waals surface area contributed by atoms with Crippen LogP contribution in [0, 0.1) is 18.3 Å². The number of halogens is 2. The van der Waals surface area contributed by atoms with Crippen molar-refractivity contribution in [2.45, 2.75) is 100 Å². The molecule has 0 aromatic heterocycles. The Morgan fingerprint density at radius 3 is 2.23 bits per heavy atom. The zero-order chi connectivity index (χ0) is 26.5. The highest BCUT2D eigenvalue weighted by Crippen LogP contribution is 2.59. The molecule has 4 rings (SSSR count). The number of aromatic hydroxyl groups is 2. The van der Waals surface area contributed by atoms with Gasteiger partial charge in [-0.25, -0.2) is 0 Å². The largest absolute Gasteiger partial charge is 0.508 e. The summed E-state index contributed by atoms with van der Waals surface area (Å²) in [6, 6.07) is 1.13. The average molecular weight is 529 g/mol. The number of rotatable bonds is 2. The van der Waals surface area contributed by atoms with Crippen molar-refractivity contribution in [2.75, 3.05) is 0 Å². The molecule has 3 aliphatic rings. The van der Waals surface area contributed by atoms with E-state index < -0.39 is 56.4 Å². The van der Waals surface area contributed by atoms with E-state index in [0.717, 1.165) is 6.07 Å². The van der Waals surface area contributed by atoms with Crippen molar-refractivity contribution in [3.8, 4) is 11.5 Å². The number of hydrogen-bond acceptors (Lipinski definition) is 7. The molecule has 1 saturated carbocycles. The molecule has 7 nitrogen and oxygen atoms in total. The number of aliphatic hydroxyl groups is 2. The predicted molar refractivity (Wildman–Crippen MR) is 132 cm³/mol. The van der Waals surface area contributed by atoms with Gasteiger partial charge in [0, 0.05) is 22.9 Å². The van der Waals surface area contributed by atoms with Gasteiger partial charge in [0.05, 0.1) is 22.1 Å². The summed E-state index contributed by atoms with van der Waals surface area (Å²) in [5.41, 5.74) is -8.20. The minimum Gasteiger partial charge on any atom is -0.508 e. The second-order valence-corrected chi connectivity index (χ2v) is 13.0. The smallest absolute Gasteiger partial charge is 0.202 e. The fourth-order valence-corrected chi connectivity index (χ4v) is 6.95. The van der Waals surface area contributed by atoms with Crippen molar-refractivity contribution >= 4 is 34.8 Å². The third-order valence-electron chi connectivity index (χ3n) is 8.93. The number of phenolic OH excluding ortho intramolecular Hbond substituents is 2. The molecule has 1 saturated heterocycles. The van der Waals surface area contributed by atoms with E-state index in [1.54, 1.807) is 20.8 Å². The van der Waals surface area contributed by atoms with Crippen LogP contribution < -0.4 is 0 Å². The van der Waals surface area contributed by atoms with Crippen LogP contribution in [-0.4, -0.2) is 65.2 Å². The number of carbonyl (C=O) groups is 2. The summed E-state index contributed by atoms with van der Waals surface area (Å²) in [6.45, 7) is 10.2. The van der Waals surface area contributed by atoms with Crippen molar-refractivity contribution in [3.05, 3.63) is 22.8 Å². The van der Waals surface area contributed by atoms with Gasteiger partial charge in [-0.3, -0.25) is 9.59 Å². The summed E-state index contributed by atoms with van der Waals surface area (Å²) < 4.78 is 6.39. The third-order valence-corrected chi connectivity index (χ3v) is 10.4.